The molecule has 1 N–H and O–H groups in total. The van der Waals surface area contributed by atoms with Gasteiger partial charge in [-0.25, -0.2) is 4.39 Å². The Hall–Kier alpha value is -3.32. The van der Waals surface area contributed by atoms with Gasteiger partial charge >= 0.3 is 0 Å². The molecular weight excluding hydrogens is 451 g/mol. The number of nitrogens with one attached hydrogen (secondary N) is 1. The lowest BCUT2D eigenvalue weighted by Crippen LogP contribution is -2.44. The van der Waals surface area contributed by atoms with E-state index in [1.165, 1.54) is 17.7 Å². The molecule has 1 heterocycles. The molecule has 0 unspecified atom stereocenters. The van der Waals surface area contributed by atoms with Gasteiger partial charge in [-0.05, 0) is 91.6 Å². The molecule has 0 fully saturated rings. The van der Waals surface area contributed by atoms with Crippen molar-refractivity contribution in [3.8, 4) is 17.2 Å². The number of aryl methyl sites for hydroxylation is 2. The third-order valence-corrected chi connectivity index (χ3v) is 6.45. The summed E-state index contributed by atoms with van der Waals surface area (Å²) < 4.78 is 30.5. The van der Waals surface area contributed by atoms with E-state index in [2.05, 4.69) is 36.2 Å². The number of hydrogen-bond donors (Lipinski definition) is 1. The second-order valence-electron chi connectivity index (χ2n) is 8.38. The van der Waals surface area contributed by atoms with Crippen LogP contribution in [0.5, 0.6) is 17.2 Å². The Balaban J connectivity index is 1.65. The summed E-state index contributed by atoms with van der Waals surface area (Å²) >= 11 is 5.87. The lowest BCUT2D eigenvalue weighted by atomic mass is 9.92. The lowest BCUT2D eigenvalue weighted by Gasteiger charge is -2.39. The molecule has 34 heavy (non-hydrogen) atoms. The number of rotatable bonds is 6. The van der Waals surface area contributed by atoms with Crippen molar-refractivity contribution >= 4 is 23.0 Å². The molecule has 3 aromatic carbocycles. The number of halogens is 1. The molecule has 7 heteroatoms. The summed E-state index contributed by atoms with van der Waals surface area (Å²) in [5.41, 5.74) is 5.54. The minimum atomic E-state index is -0.298. The molecule has 0 amide bonds. The number of hydrogen-bond acceptors (Lipinski definition) is 4. The van der Waals surface area contributed by atoms with Gasteiger partial charge in [0.2, 0.25) is 0 Å². The van der Waals surface area contributed by atoms with E-state index in [1.807, 2.05) is 18.2 Å². The maximum Gasteiger partial charge on any atom is 0.174 e. The fourth-order valence-electron chi connectivity index (χ4n) is 4.30. The van der Waals surface area contributed by atoms with Crippen LogP contribution in [0.3, 0.4) is 0 Å². The zero-order valence-corrected chi connectivity index (χ0v) is 20.7. The average molecular weight is 481 g/mol. The van der Waals surface area contributed by atoms with Crippen molar-refractivity contribution in [3.05, 3.63) is 82.7 Å². The van der Waals surface area contributed by atoms with Crippen molar-refractivity contribution in [2.24, 2.45) is 0 Å². The van der Waals surface area contributed by atoms with Crippen molar-refractivity contribution in [1.82, 2.24) is 4.90 Å². The fourth-order valence-corrected chi connectivity index (χ4v) is 4.63. The van der Waals surface area contributed by atoms with Gasteiger partial charge in [0.25, 0.3) is 0 Å². The van der Waals surface area contributed by atoms with Gasteiger partial charge in [-0.3, -0.25) is 0 Å². The van der Waals surface area contributed by atoms with Crippen LogP contribution in [0.4, 0.5) is 10.1 Å². The van der Waals surface area contributed by atoms with Gasteiger partial charge in [-0.15, -0.1) is 0 Å². The Kier molecular flexibility index (Phi) is 7.22. The molecule has 0 radical (unpaired) electrons. The van der Waals surface area contributed by atoms with E-state index >= 15 is 0 Å². The quantitative estimate of drug-likeness (QED) is 0.448. The highest BCUT2D eigenvalue weighted by Gasteiger charge is 2.31. The number of benzene rings is 3. The van der Waals surface area contributed by atoms with Gasteiger partial charge in [0.15, 0.2) is 16.6 Å². The maximum atomic E-state index is 13.4. The summed E-state index contributed by atoms with van der Waals surface area (Å²) in [6, 6.07) is 16.1. The van der Waals surface area contributed by atoms with Gasteiger partial charge in [-0.1, -0.05) is 17.7 Å². The van der Waals surface area contributed by atoms with E-state index in [4.69, 9.17) is 26.4 Å². The number of anilines is 1. The number of fused-ring (bicyclic) bond motifs is 1. The van der Waals surface area contributed by atoms with E-state index in [1.54, 1.807) is 26.4 Å². The Morgan fingerprint density at radius 3 is 2.41 bits per heavy atom. The summed E-state index contributed by atoms with van der Waals surface area (Å²) in [6.07, 6.45) is 0.803. The highest BCUT2D eigenvalue weighted by Crippen LogP contribution is 2.38. The number of nitrogens with zero attached hydrogens (tertiary/aromatic N) is 1. The van der Waals surface area contributed by atoms with Crippen LogP contribution in [-0.4, -0.2) is 37.4 Å². The first-order valence-corrected chi connectivity index (χ1v) is 11.6. The van der Waals surface area contributed by atoms with Crippen molar-refractivity contribution in [2.45, 2.75) is 26.3 Å². The van der Waals surface area contributed by atoms with E-state index in [-0.39, 0.29) is 11.9 Å². The molecule has 4 rings (SSSR count). The summed E-state index contributed by atoms with van der Waals surface area (Å²) in [5.74, 6) is 1.65. The van der Waals surface area contributed by atoms with Gasteiger partial charge in [0, 0.05) is 12.2 Å². The Bertz CT molecular complexity index is 1180. The number of thiocarbonyl (C=S) groups is 1. The van der Waals surface area contributed by atoms with Crippen LogP contribution in [0, 0.1) is 19.7 Å². The summed E-state index contributed by atoms with van der Waals surface area (Å²) in [4.78, 5) is 2.15. The largest absolute Gasteiger partial charge is 0.493 e. The van der Waals surface area contributed by atoms with E-state index < -0.39 is 0 Å². The predicted molar refractivity (Wildman–Crippen MR) is 137 cm³/mol. The van der Waals surface area contributed by atoms with Crippen molar-refractivity contribution in [3.63, 3.8) is 0 Å². The monoisotopic (exact) mass is 480 g/mol. The Labute approximate surface area is 205 Å². The molecule has 3 aromatic rings. The molecule has 178 valence electrons. The zero-order chi connectivity index (χ0) is 24.2. The Morgan fingerprint density at radius 2 is 1.74 bits per heavy atom. The van der Waals surface area contributed by atoms with Crippen LogP contribution in [-0.2, 0) is 6.42 Å². The van der Waals surface area contributed by atoms with Gasteiger partial charge in [0.05, 0.1) is 20.3 Å². The molecule has 0 bridgehead atoms. The third kappa shape index (κ3) is 5.09. The smallest absolute Gasteiger partial charge is 0.174 e. The summed E-state index contributed by atoms with van der Waals surface area (Å²) in [6.45, 7) is 5.19. The number of ether oxygens (including phenoxy) is 3. The fraction of sp³-hybridized carbons (Fsp3) is 0.296. The molecule has 0 spiro atoms. The van der Waals surface area contributed by atoms with E-state index in [9.17, 15) is 4.39 Å². The van der Waals surface area contributed by atoms with Crippen LogP contribution >= 0.6 is 12.2 Å². The zero-order valence-electron chi connectivity index (χ0n) is 19.9. The molecule has 0 aliphatic carbocycles. The van der Waals surface area contributed by atoms with Crippen molar-refractivity contribution < 1.29 is 18.6 Å². The molecular formula is C27H29FN2O3S. The van der Waals surface area contributed by atoms with Crippen molar-refractivity contribution in [2.75, 3.05) is 32.7 Å². The van der Waals surface area contributed by atoms with Crippen molar-refractivity contribution in [1.29, 1.82) is 0 Å². The molecule has 1 atom stereocenters. The highest BCUT2D eigenvalue weighted by molar-refractivity contribution is 7.80. The number of methoxy groups -OCH3 is 2. The van der Waals surface area contributed by atoms with Gasteiger partial charge in [0.1, 0.15) is 18.2 Å². The van der Waals surface area contributed by atoms with Crippen LogP contribution in [0.1, 0.15) is 28.3 Å². The van der Waals surface area contributed by atoms with E-state index in [0.717, 1.165) is 35.3 Å². The molecule has 1 aliphatic heterocycles. The van der Waals surface area contributed by atoms with Crippen LogP contribution in [0.25, 0.3) is 0 Å². The minimum Gasteiger partial charge on any atom is -0.493 e. The maximum absolute atomic E-state index is 13.4. The SMILES string of the molecule is COc1cc2c(cc1OC)[C@@H](COc1ccc(F)cc1)N(C(=S)Nc1ccc(C)cc1C)CC2. The first-order valence-electron chi connectivity index (χ1n) is 11.2. The normalized spacial score (nSPS) is 14.9. The lowest BCUT2D eigenvalue weighted by molar-refractivity contribution is 0.190. The third-order valence-electron chi connectivity index (χ3n) is 6.11. The summed E-state index contributed by atoms with van der Waals surface area (Å²) in [7, 11) is 3.26. The first kappa shape index (κ1) is 23.8. The minimum absolute atomic E-state index is 0.167. The molecule has 1 aliphatic rings. The second-order valence-corrected chi connectivity index (χ2v) is 8.77. The first-order chi connectivity index (χ1) is 16.4. The van der Waals surface area contributed by atoms with Gasteiger partial charge in [-0.2, -0.15) is 0 Å². The predicted octanol–water partition coefficient (Wildman–Crippen LogP) is 5.83. The highest BCUT2D eigenvalue weighted by atomic mass is 32.1. The van der Waals surface area contributed by atoms with Crippen LogP contribution < -0.4 is 19.5 Å². The molecule has 0 aromatic heterocycles. The summed E-state index contributed by atoms with van der Waals surface area (Å²) in [5, 5.41) is 4.05. The van der Waals surface area contributed by atoms with Gasteiger partial charge < -0.3 is 24.4 Å². The molecule has 5 nitrogen and oxygen atoms in total. The second kappa shape index (κ2) is 10.3. The topological polar surface area (TPSA) is 43.0 Å². The van der Waals surface area contributed by atoms with Crippen LogP contribution in [0.15, 0.2) is 54.6 Å². The van der Waals surface area contributed by atoms with E-state index in [0.29, 0.717) is 29.0 Å². The Morgan fingerprint density at radius 1 is 1.03 bits per heavy atom. The van der Waals surface area contributed by atoms with Crippen LogP contribution in [0.2, 0.25) is 0 Å². The molecule has 0 saturated heterocycles. The molecule has 0 saturated carbocycles. The average Bonchev–Trinajstić information content (AvgIpc) is 2.84. The standard InChI is InChI=1S/C27H29FN2O3S/c1-17-5-10-23(18(2)13-17)29-27(34)30-12-11-19-14-25(31-3)26(32-4)15-22(19)24(30)16-33-21-8-6-20(28)7-9-21/h5-10,13-15,24H,11-12,16H2,1-4H3,(H,29,34)/t24-/m1/s1.